The summed E-state index contributed by atoms with van der Waals surface area (Å²) in [6.45, 7) is 0.513. The van der Waals surface area contributed by atoms with Crippen LogP contribution < -0.4 is 16.4 Å². The third-order valence-corrected chi connectivity index (χ3v) is 3.64. The van der Waals surface area contributed by atoms with Crippen molar-refractivity contribution >= 4 is 23.5 Å². The van der Waals surface area contributed by atoms with Crippen LogP contribution >= 0.6 is 0 Å². The Hall–Kier alpha value is -3.01. The number of benzene rings is 1. The van der Waals surface area contributed by atoms with Gasteiger partial charge in [-0.3, -0.25) is 15.0 Å². The molecule has 7 nitrogen and oxygen atoms in total. The number of nitrogens with two attached hydrogens (primary N) is 1. The van der Waals surface area contributed by atoms with Crippen LogP contribution in [0.2, 0.25) is 0 Å². The van der Waals surface area contributed by atoms with Crippen LogP contribution in [0, 0.1) is 23.2 Å². The van der Waals surface area contributed by atoms with Gasteiger partial charge in [-0.1, -0.05) is 17.9 Å². The maximum absolute atomic E-state index is 12.1. The largest absolute Gasteiger partial charge is 0.469 e. The molecule has 1 amide bonds. The molecule has 0 bridgehead atoms. The second-order valence-corrected chi connectivity index (χ2v) is 5.43. The third-order valence-electron chi connectivity index (χ3n) is 3.64. The Balaban J connectivity index is 2.01. The number of amides is 1. The van der Waals surface area contributed by atoms with E-state index in [9.17, 15) is 9.59 Å². The van der Waals surface area contributed by atoms with Gasteiger partial charge in [-0.2, -0.15) is 0 Å². The van der Waals surface area contributed by atoms with Crippen molar-refractivity contribution in [3.05, 3.63) is 29.3 Å². The number of hydrogen-bond acceptors (Lipinski definition) is 4. The van der Waals surface area contributed by atoms with Crippen LogP contribution in [0.4, 0.5) is 5.69 Å². The van der Waals surface area contributed by atoms with Crippen molar-refractivity contribution in [1.82, 2.24) is 5.32 Å². The van der Waals surface area contributed by atoms with Crippen molar-refractivity contribution in [2.24, 2.45) is 11.7 Å². The Bertz CT molecular complexity index is 718. The van der Waals surface area contributed by atoms with Gasteiger partial charge >= 0.3 is 5.97 Å². The molecular formula is C17H20N4O3. The van der Waals surface area contributed by atoms with Crippen LogP contribution in [0.1, 0.15) is 24.0 Å². The number of carbonyl (C=O) groups excluding carboxylic acids is 2. The fourth-order valence-corrected chi connectivity index (χ4v) is 2.42. The van der Waals surface area contributed by atoms with Gasteiger partial charge in [0.25, 0.3) is 0 Å². The van der Waals surface area contributed by atoms with Crippen LogP contribution in [-0.4, -0.2) is 31.5 Å². The van der Waals surface area contributed by atoms with E-state index in [1.54, 1.807) is 0 Å². The van der Waals surface area contributed by atoms with E-state index in [1.807, 2.05) is 18.2 Å². The molecule has 1 aliphatic rings. The monoisotopic (exact) mass is 328 g/mol. The first-order valence-corrected chi connectivity index (χ1v) is 7.57. The van der Waals surface area contributed by atoms with Crippen molar-refractivity contribution in [1.29, 1.82) is 5.41 Å². The van der Waals surface area contributed by atoms with E-state index in [0.29, 0.717) is 19.4 Å². The van der Waals surface area contributed by atoms with Crippen molar-refractivity contribution in [2.75, 3.05) is 19.0 Å². The molecule has 0 spiro atoms. The summed E-state index contributed by atoms with van der Waals surface area (Å²) < 4.78 is 4.62. The SMILES string of the molecule is COC(=O)CC1Cc2ccc(C#CCCNC(=N)N)cc2NC1=O. The van der Waals surface area contributed by atoms with Crippen molar-refractivity contribution in [3.8, 4) is 11.8 Å². The number of esters is 1. The first-order chi connectivity index (χ1) is 11.5. The summed E-state index contributed by atoms with van der Waals surface area (Å²) in [5.41, 5.74) is 7.69. The van der Waals surface area contributed by atoms with E-state index in [2.05, 4.69) is 27.2 Å². The van der Waals surface area contributed by atoms with Gasteiger partial charge in [-0.25, -0.2) is 0 Å². The zero-order valence-corrected chi connectivity index (χ0v) is 13.4. The highest BCUT2D eigenvalue weighted by molar-refractivity contribution is 5.97. The number of guanidine groups is 1. The van der Waals surface area contributed by atoms with Crippen LogP contribution in [0.15, 0.2) is 18.2 Å². The Morgan fingerprint density at radius 1 is 1.54 bits per heavy atom. The fraction of sp³-hybridized carbons (Fsp3) is 0.353. The van der Waals surface area contributed by atoms with Crippen LogP contribution in [0.5, 0.6) is 0 Å². The number of anilines is 1. The van der Waals surface area contributed by atoms with Gasteiger partial charge in [0.15, 0.2) is 5.96 Å². The molecule has 7 heteroatoms. The molecule has 1 aliphatic heterocycles. The van der Waals surface area contributed by atoms with Gasteiger partial charge in [-0.15, -0.1) is 0 Å². The van der Waals surface area contributed by atoms with Crippen molar-refractivity contribution < 1.29 is 14.3 Å². The smallest absolute Gasteiger partial charge is 0.306 e. The maximum atomic E-state index is 12.1. The maximum Gasteiger partial charge on any atom is 0.306 e. The number of ether oxygens (including phenoxy) is 1. The van der Waals surface area contributed by atoms with E-state index < -0.39 is 5.92 Å². The fourth-order valence-electron chi connectivity index (χ4n) is 2.42. The first kappa shape index (κ1) is 17.3. The summed E-state index contributed by atoms with van der Waals surface area (Å²) >= 11 is 0. The molecule has 1 heterocycles. The minimum atomic E-state index is -0.403. The minimum Gasteiger partial charge on any atom is -0.469 e. The van der Waals surface area contributed by atoms with Gasteiger partial charge in [0.2, 0.25) is 5.91 Å². The molecule has 0 aromatic heterocycles. The minimum absolute atomic E-state index is 0.0743. The topological polar surface area (TPSA) is 117 Å². The molecule has 1 aromatic carbocycles. The van der Waals surface area contributed by atoms with E-state index in [4.69, 9.17) is 11.1 Å². The molecule has 1 unspecified atom stereocenters. The lowest BCUT2D eigenvalue weighted by molar-refractivity contribution is -0.143. The molecule has 0 radical (unpaired) electrons. The first-order valence-electron chi connectivity index (χ1n) is 7.57. The van der Waals surface area contributed by atoms with Crippen LogP contribution in [0.25, 0.3) is 0 Å². The average molecular weight is 328 g/mol. The van der Waals surface area contributed by atoms with Crippen molar-refractivity contribution in [2.45, 2.75) is 19.3 Å². The number of nitrogens with one attached hydrogen (secondary N) is 3. The number of methoxy groups -OCH3 is 1. The van der Waals surface area contributed by atoms with Gasteiger partial charge in [0, 0.05) is 24.2 Å². The molecule has 5 N–H and O–H groups in total. The van der Waals surface area contributed by atoms with Gasteiger partial charge in [0.05, 0.1) is 19.4 Å². The molecule has 24 heavy (non-hydrogen) atoms. The van der Waals surface area contributed by atoms with E-state index in [-0.39, 0.29) is 24.3 Å². The number of hydrogen-bond donors (Lipinski definition) is 4. The summed E-state index contributed by atoms with van der Waals surface area (Å²) in [5.74, 6) is 4.94. The lowest BCUT2D eigenvalue weighted by atomic mass is 9.90. The second kappa shape index (κ2) is 8.02. The van der Waals surface area contributed by atoms with E-state index in [0.717, 1.165) is 16.8 Å². The second-order valence-electron chi connectivity index (χ2n) is 5.43. The Labute approximate surface area is 140 Å². The quantitative estimate of drug-likeness (QED) is 0.212. The molecule has 0 saturated carbocycles. The summed E-state index contributed by atoms with van der Waals surface area (Å²) in [4.78, 5) is 23.4. The molecule has 0 saturated heterocycles. The predicted molar refractivity (Wildman–Crippen MR) is 90.3 cm³/mol. The molecule has 0 aliphatic carbocycles. The van der Waals surface area contributed by atoms with E-state index >= 15 is 0 Å². The highest BCUT2D eigenvalue weighted by atomic mass is 16.5. The molecular weight excluding hydrogens is 308 g/mol. The van der Waals surface area contributed by atoms with Gasteiger partial charge in [0.1, 0.15) is 0 Å². The summed E-state index contributed by atoms with van der Waals surface area (Å²) in [7, 11) is 1.31. The standard InChI is InChI=1S/C17H20N4O3/c1-24-15(22)10-13-9-12-6-5-11(8-14(12)21-16(13)23)4-2-3-7-20-17(18)19/h5-6,8,13H,3,7,9-10H2,1H3,(H,21,23)(H4,18,19,20). The number of fused-ring (bicyclic) bond motifs is 1. The average Bonchev–Trinajstić information content (AvgIpc) is 2.54. The Morgan fingerprint density at radius 2 is 2.33 bits per heavy atom. The normalized spacial score (nSPS) is 15.4. The summed E-state index contributed by atoms with van der Waals surface area (Å²) in [6.07, 6.45) is 1.14. The molecule has 1 atom stereocenters. The van der Waals surface area contributed by atoms with Crippen LogP contribution in [0.3, 0.4) is 0 Å². The summed E-state index contributed by atoms with van der Waals surface area (Å²) in [5, 5.41) is 12.5. The Morgan fingerprint density at radius 3 is 3.04 bits per heavy atom. The molecule has 2 rings (SSSR count). The third kappa shape index (κ3) is 4.74. The lowest BCUT2D eigenvalue weighted by Crippen LogP contribution is -2.31. The number of carbonyl (C=O) groups is 2. The predicted octanol–water partition coefficient (Wildman–Crippen LogP) is 0.585. The van der Waals surface area contributed by atoms with Gasteiger partial charge < -0.3 is 21.1 Å². The zero-order valence-electron chi connectivity index (χ0n) is 13.4. The molecule has 126 valence electrons. The lowest BCUT2D eigenvalue weighted by Gasteiger charge is -2.24. The summed E-state index contributed by atoms with van der Waals surface area (Å²) in [6, 6.07) is 5.63. The molecule has 1 aromatic rings. The van der Waals surface area contributed by atoms with Crippen molar-refractivity contribution in [3.63, 3.8) is 0 Å². The van der Waals surface area contributed by atoms with Gasteiger partial charge in [-0.05, 0) is 24.1 Å². The highest BCUT2D eigenvalue weighted by Gasteiger charge is 2.28. The zero-order chi connectivity index (χ0) is 17.5. The van der Waals surface area contributed by atoms with Crippen LogP contribution in [-0.2, 0) is 20.7 Å². The Kier molecular flexibility index (Phi) is 5.79. The van der Waals surface area contributed by atoms with E-state index in [1.165, 1.54) is 7.11 Å². The number of rotatable bonds is 4. The highest BCUT2D eigenvalue weighted by Crippen LogP contribution is 2.28. The molecule has 0 fully saturated rings.